The Morgan fingerprint density at radius 1 is 1.18 bits per heavy atom. The molecule has 0 saturated carbocycles. The van der Waals surface area contributed by atoms with Gasteiger partial charge in [-0.15, -0.1) is 0 Å². The number of amides is 2. The van der Waals surface area contributed by atoms with E-state index in [1.807, 2.05) is 25.1 Å². The summed E-state index contributed by atoms with van der Waals surface area (Å²) in [6.45, 7) is 4.44. The van der Waals surface area contributed by atoms with E-state index < -0.39 is 0 Å². The second kappa shape index (κ2) is 7.61. The Labute approximate surface area is 136 Å². The van der Waals surface area contributed by atoms with Gasteiger partial charge in [-0.05, 0) is 11.6 Å². The first-order valence-corrected chi connectivity index (χ1v) is 7.90. The number of carbonyl (C=O) groups is 2. The summed E-state index contributed by atoms with van der Waals surface area (Å²) in [4.78, 5) is 28.0. The van der Waals surface area contributed by atoms with Crippen molar-refractivity contribution in [3.63, 3.8) is 0 Å². The molecule has 0 aliphatic carbocycles. The van der Waals surface area contributed by atoms with Crippen LogP contribution in [0.1, 0.15) is 12.5 Å². The zero-order valence-electron chi connectivity index (χ0n) is 12.8. The van der Waals surface area contributed by atoms with Gasteiger partial charge in [0.15, 0.2) is 0 Å². The zero-order chi connectivity index (χ0) is 16.1. The summed E-state index contributed by atoms with van der Waals surface area (Å²) in [5.41, 5.74) is 6.37. The van der Waals surface area contributed by atoms with E-state index >= 15 is 0 Å². The van der Waals surface area contributed by atoms with Crippen LogP contribution in [0.4, 0.5) is 0 Å². The van der Waals surface area contributed by atoms with Crippen LogP contribution < -0.4 is 5.73 Å². The van der Waals surface area contributed by atoms with Crippen molar-refractivity contribution in [1.82, 2.24) is 9.80 Å². The summed E-state index contributed by atoms with van der Waals surface area (Å²) in [5.74, 6) is -0.0434. The Balaban J connectivity index is 1.88. The number of nitrogens with two attached hydrogens (primary N) is 1. The third-order valence-corrected chi connectivity index (χ3v) is 4.39. The maximum Gasteiger partial charge on any atom is 0.227 e. The molecule has 1 atom stereocenters. The minimum atomic E-state index is -0.162. The van der Waals surface area contributed by atoms with Crippen LogP contribution in [-0.4, -0.2) is 54.3 Å². The van der Waals surface area contributed by atoms with Gasteiger partial charge in [0.25, 0.3) is 0 Å². The van der Waals surface area contributed by atoms with Gasteiger partial charge in [-0.1, -0.05) is 36.7 Å². The molecule has 1 saturated heterocycles. The highest BCUT2D eigenvalue weighted by atomic mass is 35.5. The monoisotopic (exact) mass is 323 g/mol. The van der Waals surface area contributed by atoms with E-state index in [4.69, 9.17) is 17.3 Å². The van der Waals surface area contributed by atoms with Crippen LogP contribution in [0.25, 0.3) is 0 Å². The number of piperazine rings is 1. The van der Waals surface area contributed by atoms with Crippen molar-refractivity contribution in [3.8, 4) is 0 Å². The molecule has 1 aromatic carbocycles. The molecule has 2 amide bonds. The quantitative estimate of drug-likeness (QED) is 0.904. The lowest BCUT2D eigenvalue weighted by Gasteiger charge is -2.36. The van der Waals surface area contributed by atoms with Gasteiger partial charge in [0.1, 0.15) is 0 Å². The fraction of sp³-hybridized carbons (Fsp3) is 0.500. The fourth-order valence-corrected chi connectivity index (χ4v) is 2.71. The number of benzene rings is 1. The van der Waals surface area contributed by atoms with Crippen molar-refractivity contribution in [3.05, 3.63) is 34.9 Å². The van der Waals surface area contributed by atoms with E-state index in [1.165, 1.54) is 0 Å². The summed E-state index contributed by atoms with van der Waals surface area (Å²) < 4.78 is 0. The number of nitrogens with zero attached hydrogens (tertiary/aromatic N) is 2. The maximum absolute atomic E-state index is 12.3. The van der Waals surface area contributed by atoms with Gasteiger partial charge >= 0.3 is 0 Å². The van der Waals surface area contributed by atoms with Crippen LogP contribution in [0.2, 0.25) is 5.02 Å². The molecular formula is C16H22ClN3O2. The average molecular weight is 324 g/mol. The number of halogens is 1. The van der Waals surface area contributed by atoms with E-state index in [1.54, 1.807) is 15.9 Å². The number of rotatable bonds is 4. The predicted octanol–water partition coefficient (Wildman–Crippen LogP) is 1.15. The van der Waals surface area contributed by atoms with Crippen molar-refractivity contribution in [2.24, 2.45) is 11.7 Å². The highest BCUT2D eigenvalue weighted by Crippen LogP contribution is 2.17. The number of carbonyl (C=O) groups excluding carboxylic acids is 2. The molecule has 22 heavy (non-hydrogen) atoms. The lowest BCUT2D eigenvalue weighted by molar-refractivity contribution is -0.141. The first-order valence-electron chi connectivity index (χ1n) is 7.53. The molecule has 0 radical (unpaired) electrons. The molecule has 1 fully saturated rings. The van der Waals surface area contributed by atoms with Crippen molar-refractivity contribution in [2.45, 2.75) is 13.3 Å². The second-order valence-corrected chi connectivity index (χ2v) is 6.02. The smallest absolute Gasteiger partial charge is 0.227 e. The first kappa shape index (κ1) is 16.8. The van der Waals surface area contributed by atoms with Gasteiger partial charge in [-0.25, -0.2) is 0 Å². The summed E-state index contributed by atoms with van der Waals surface area (Å²) in [6, 6.07) is 7.37. The van der Waals surface area contributed by atoms with Gasteiger partial charge in [0.2, 0.25) is 11.8 Å². The van der Waals surface area contributed by atoms with Crippen LogP contribution in [-0.2, 0) is 16.0 Å². The van der Waals surface area contributed by atoms with E-state index in [0.717, 1.165) is 5.56 Å². The van der Waals surface area contributed by atoms with Gasteiger partial charge in [0, 0.05) is 43.7 Å². The predicted molar refractivity (Wildman–Crippen MR) is 86.5 cm³/mol. The summed E-state index contributed by atoms with van der Waals surface area (Å²) in [6.07, 6.45) is 0.298. The lowest BCUT2D eigenvalue weighted by Crippen LogP contribution is -2.52. The van der Waals surface area contributed by atoms with E-state index in [-0.39, 0.29) is 17.7 Å². The highest BCUT2D eigenvalue weighted by molar-refractivity contribution is 6.31. The van der Waals surface area contributed by atoms with Crippen LogP contribution in [0.3, 0.4) is 0 Å². The highest BCUT2D eigenvalue weighted by Gasteiger charge is 2.26. The van der Waals surface area contributed by atoms with Crippen molar-refractivity contribution >= 4 is 23.4 Å². The SMILES string of the molecule is CC(CN)C(=O)N1CCN(C(=O)Cc2ccccc2Cl)CC1. The molecule has 0 aromatic heterocycles. The normalized spacial score (nSPS) is 16.5. The molecule has 1 aliphatic heterocycles. The summed E-state index contributed by atoms with van der Waals surface area (Å²) in [7, 11) is 0. The first-order chi connectivity index (χ1) is 10.5. The molecule has 1 aromatic rings. The van der Waals surface area contributed by atoms with Crippen molar-refractivity contribution in [2.75, 3.05) is 32.7 Å². The minimum absolute atomic E-state index is 0.0482. The standard InChI is InChI=1S/C16H22ClN3O2/c1-12(11-18)16(22)20-8-6-19(7-9-20)15(21)10-13-4-2-3-5-14(13)17/h2-5,12H,6-11,18H2,1H3. The van der Waals surface area contributed by atoms with E-state index in [9.17, 15) is 9.59 Å². The van der Waals surface area contributed by atoms with Crippen LogP contribution >= 0.6 is 11.6 Å². The molecule has 1 aliphatic rings. The number of hydrogen-bond donors (Lipinski definition) is 1. The lowest BCUT2D eigenvalue weighted by atomic mass is 10.1. The Kier molecular flexibility index (Phi) is 5.80. The number of hydrogen-bond acceptors (Lipinski definition) is 3. The molecule has 2 N–H and O–H groups in total. The van der Waals surface area contributed by atoms with Gasteiger partial charge in [-0.3, -0.25) is 9.59 Å². The molecule has 120 valence electrons. The molecule has 5 nitrogen and oxygen atoms in total. The Hall–Kier alpha value is -1.59. The van der Waals surface area contributed by atoms with Crippen LogP contribution in [0.5, 0.6) is 0 Å². The van der Waals surface area contributed by atoms with Crippen LogP contribution in [0.15, 0.2) is 24.3 Å². The second-order valence-electron chi connectivity index (χ2n) is 5.61. The van der Waals surface area contributed by atoms with E-state index in [0.29, 0.717) is 44.2 Å². The van der Waals surface area contributed by atoms with Gasteiger partial charge < -0.3 is 15.5 Å². The average Bonchev–Trinajstić information content (AvgIpc) is 2.55. The molecule has 2 rings (SSSR count). The topological polar surface area (TPSA) is 66.6 Å². The van der Waals surface area contributed by atoms with Gasteiger partial charge in [0.05, 0.1) is 6.42 Å². The fourth-order valence-electron chi connectivity index (χ4n) is 2.51. The molecule has 0 bridgehead atoms. The third kappa shape index (κ3) is 3.99. The molecule has 1 heterocycles. The zero-order valence-corrected chi connectivity index (χ0v) is 13.6. The largest absolute Gasteiger partial charge is 0.339 e. The molecular weight excluding hydrogens is 302 g/mol. The van der Waals surface area contributed by atoms with Crippen LogP contribution in [0, 0.1) is 5.92 Å². The third-order valence-electron chi connectivity index (χ3n) is 4.02. The van der Waals surface area contributed by atoms with E-state index in [2.05, 4.69) is 0 Å². The Morgan fingerprint density at radius 3 is 2.36 bits per heavy atom. The summed E-state index contributed by atoms with van der Waals surface area (Å²) >= 11 is 6.09. The van der Waals surface area contributed by atoms with Gasteiger partial charge in [-0.2, -0.15) is 0 Å². The summed E-state index contributed by atoms with van der Waals surface area (Å²) in [5, 5.41) is 0.612. The molecule has 0 spiro atoms. The Morgan fingerprint density at radius 2 is 1.77 bits per heavy atom. The van der Waals surface area contributed by atoms with Crippen molar-refractivity contribution in [1.29, 1.82) is 0 Å². The maximum atomic E-state index is 12.3. The Bertz CT molecular complexity index is 542. The van der Waals surface area contributed by atoms with Crippen molar-refractivity contribution < 1.29 is 9.59 Å². The minimum Gasteiger partial charge on any atom is -0.339 e. The molecule has 6 heteroatoms. The molecule has 1 unspecified atom stereocenters.